The summed E-state index contributed by atoms with van der Waals surface area (Å²) < 4.78 is 15.8. The Kier molecular flexibility index (Phi) is 7.74. The van der Waals surface area contributed by atoms with Crippen molar-refractivity contribution >= 4 is 23.6 Å². The Labute approximate surface area is 204 Å². The van der Waals surface area contributed by atoms with Crippen molar-refractivity contribution in [2.24, 2.45) is 5.73 Å². The standard InChI is InChI=1S/C26H31N3O6/c1-33-20-8-9-21(23(17-20)34-15-4-16-35-26(27)32)25(31)28-13-11-19(12-14-28)29-22-6-3-2-5-18(22)7-10-24(29)30/h2-3,5-6,8-9,17,19H,4,7,10-16H2,1H3,(H2,27,32). The first-order valence-electron chi connectivity index (χ1n) is 11.9. The van der Waals surface area contributed by atoms with E-state index in [0.717, 1.165) is 12.1 Å². The number of ether oxygens (including phenoxy) is 3. The number of hydrogen-bond donors (Lipinski definition) is 1. The first-order valence-corrected chi connectivity index (χ1v) is 11.9. The van der Waals surface area contributed by atoms with Crippen LogP contribution in [-0.2, 0) is 16.0 Å². The Hall–Kier alpha value is -3.75. The maximum Gasteiger partial charge on any atom is 0.404 e. The Morgan fingerprint density at radius 3 is 2.57 bits per heavy atom. The van der Waals surface area contributed by atoms with E-state index >= 15 is 0 Å². The first-order chi connectivity index (χ1) is 17.0. The third-order valence-electron chi connectivity index (χ3n) is 6.45. The van der Waals surface area contributed by atoms with E-state index in [1.807, 2.05) is 28.0 Å². The summed E-state index contributed by atoms with van der Waals surface area (Å²) in [6.07, 6.45) is 2.32. The fourth-order valence-electron chi connectivity index (χ4n) is 4.69. The van der Waals surface area contributed by atoms with Crippen LogP contribution in [0.5, 0.6) is 11.5 Å². The monoisotopic (exact) mass is 481 g/mol. The second kappa shape index (κ2) is 11.1. The van der Waals surface area contributed by atoms with E-state index in [4.69, 9.17) is 19.9 Å². The number of nitrogens with zero attached hydrogens (tertiary/aromatic N) is 2. The molecule has 35 heavy (non-hydrogen) atoms. The van der Waals surface area contributed by atoms with Crippen LogP contribution in [0.25, 0.3) is 0 Å². The van der Waals surface area contributed by atoms with Crippen LogP contribution >= 0.6 is 0 Å². The summed E-state index contributed by atoms with van der Waals surface area (Å²) >= 11 is 0. The lowest BCUT2D eigenvalue weighted by molar-refractivity contribution is -0.119. The summed E-state index contributed by atoms with van der Waals surface area (Å²) in [5, 5.41) is 0. The third kappa shape index (κ3) is 5.67. The average Bonchev–Trinajstić information content (AvgIpc) is 2.88. The number of fused-ring (bicyclic) bond motifs is 1. The molecule has 0 aliphatic carbocycles. The number of anilines is 1. The fraction of sp³-hybridized carbons (Fsp3) is 0.423. The van der Waals surface area contributed by atoms with Crippen molar-refractivity contribution in [2.75, 3.05) is 38.3 Å². The van der Waals surface area contributed by atoms with Gasteiger partial charge in [0.05, 0.1) is 25.9 Å². The van der Waals surface area contributed by atoms with Gasteiger partial charge in [-0.3, -0.25) is 9.59 Å². The molecule has 2 aliphatic heterocycles. The molecule has 9 nitrogen and oxygen atoms in total. The summed E-state index contributed by atoms with van der Waals surface area (Å²) in [6.45, 7) is 1.48. The molecule has 2 heterocycles. The molecule has 0 aromatic heterocycles. The van der Waals surface area contributed by atoms with Gasteiger partial charge in [0.1, 0.15) is 11.5 Å². The Morgan fingerprint density at radius 1 is 1.06 bits per heavy atom. The van der Waals surface area contributed by atoms with Crippen LogP contribution in [0.2, 0.25) is 0 Å². The number of carbonyl (C=O) groups is 3. The highest BCUT2D eigenvalue weighted by Gasteiger charge is 2.34. The normalized spacial score (nSPS) is 16.0. The number of likely N-dealkylation sites (tertiary alicyclic amines) is 1. The van der Waals surface area contributed by atoms with Crippen LogP contribution in [0, 0.1) is 0 Å². The highest BCUT2D eigenvalue weighted by Crippen LogP contribution is 2.33. The van der Waals surface area contributed by atoms with Crippen LogP contribution in [-0.4, -0.2) is 62.3 Å². The molecule has 186 valence electrons. The van der Waals surface area contributed by atoms with Gasteiger partial charge in [-0.25, -0.2) is 4.79 Å². The maximum atomic E-state index is 13.4. The minimum Gasteiger partial charge on any atom is -0.497 e. The zero-order valence-corrected chi connectivity index (χ0v) is 19.9. The molecule has 2 N–H and O–H groups in total. The van der Waals surface area contributed by atoms with Crippen molar-refractivity contribution in [3.63, 3.8) is 0 Å². The lowest BCUT2D eigenvalue weighted by Crippen LogP contribution is -2.50. The molecule has 9 heteroatoms. The zero-order chi connectivity index (χ0) is 24.8. The number of aryl methyl sites for hydroxylation is 1. The second-order valence-corrected chi connectivity index (χ2v) is 8.65. The van der Waals surface area contributed by atoms with E-state index in [0.29, 0.717) is 55.8 Å². The Balaban J connectivity index is 1.41. The molecule has 0 bridgehead atoms. The highest BCUT2D eigenvalue weighted by molar-refractivity contribution is 5.98. The summed E-state index contributed by atoms with van der Waals surface area (Å²) in [5.41, 5.74) is 7.61. The highest BCUT2D eigenvalue weighted by atomic mass is 16.5. The predicted octanol–water partition coefficient (Wildman–Crippen LogP) is 3.14. The molecular weight excluding hydrogens is 450 g/mol. The fourth-order valence-corrected chi connectivity index (χ4v) is 4.69. The second-order valence-electron chi connectivity index (χ2n) is 8.65. The smallest absolute Gasteiger partial charge is 0.404 e. The van der Waals surface area contributed by atoms with Crippen LogP contribution in [0.15, 0.2) is 42.5 Å². The SMILES string of the molecule is COc1ccc(C(=O)N2CCC(N3C(=O)CCc4ccccc43)CC2)c(OCCCOC(N)=O)c1. The minimum absolute atomic E-state index is 0.0739. The molecule has 0 atom stereocenters. The van der Waals surface area contributed by atoms with Crippen molar-refractivity contribution in [3.8, 4) is 11.5 Å². The van der Waals surface area contributed by atoms with Crippen molar-refractivity contribution in [2.45, 2.75) is 38.1 Å². The number of hydrogen-bond acceptors (Lipinski definition) is 6. The molecular formula is C26H31N3O6. The summed E-state index contributed by atoms with van der Waals surface area (Å²) in [6, 6.07) is 13.3. The Bertz CT molecular complexity index is 1080. The van der Waals surface area contributed by atoms with Crippen LogP contribution in [0.4, 0.5) is 10.5 Å². The average molecular weight is 482 g/mol. The lowest BCUT2D eigenvalue weighted by Gasteiger charge is -2.41. The molecule has 0 radical (unpaired) electrons. The molecule has 3 amide bonds. The zero-order valence-electron chi connectivity index (χ0n) is 19.9. The molecule has 1 saturated heterocycles. The number of benzene rings is 2. The third-order valence-corrected chi connectivity index (χ3v) is 6.45. The number of rotatable bonds is 8. The summed E-state index contributed by atoms with van der Waals surface area (Å²) in [4.78, 5) is 40.6. The van der Waals surface area contributed by atoms with Crippen molar-refractivity contribution in [3.05, 3.63) is 53.6 Å². The summed E-state index contributed by atoms with van der Waals surface area (Å²) in [7, 11) is 1.55. The maximum absolute atomic E-state index is 13.4. The quantitative estimate of drug-likeness (QED) is 0.580. The van der Waals surface area contributed by atoms with Gasteiger partial charge in [-0.05, 0) is 43.0 Å². The largest absolute Gasteiger partial charge is 0.497 e. The van der Waals surface area contributed by atoms with Gasteiger partial charge in [-0.2, -0.15) is 0 Å². The van der Waals surface area contributed by atoms with Crippen LogP contribution in [0.3, 0.4) is 0 Å². The van der Waals surface area contributed by atoms with Gasteiger partial charge in [-0.15, -0.1) is 0 Å². The lowest BCUT2D eigenvalue weighted by atomic mass is 9.95. The number of nitrogens with two attached hydrogens (primary N) is 1. The van der Waals surface area contributed by atoms with Gasteiger partial charge >= 0.3 is 6.09 Å². The van der Waals surface area contributed by atoms with Crippen LogP contribution < -0.4 is 20.1 Å². The number of piperidine rings is 1. The molecule has 0 unspecified atom stereocenters. The molecule has 0 saturated carbocycles. The van der Waals surface area contributed by atoms with E-state index < -0.39 is 6.09 Å². The summed E-state index contributed by atoms with van der Waals surface area (Å²) in [5.74, 6) is 1.01. The van der Waals surface area contributed by atoms with Gasteiger partial charge in [0, 0.05) is 43.7 Å². The minimum atomic E-state index is -0.833. The van der Waals surface area contributed by atoms with Gasteiger partial charge in [0.25, 0.3) is 5.91 Å². The predicted molar refractivity (Wildman–Crippen MR) is 130 cm³/mol. The van der Waals surface area contributed by atoms with E-state index in [1.54, 1.807) is 25.3 Å². The number of primary amides is 1. The van der Waals surface area contributed by atoms with Gasteiger partial charge in [0.15, 0.2) is 0 Å². The van der Waals surface area contributed by atoms with Gasteiger partial charge in [-0.1, -0.05) is 18.2 Å². The molecule has 2 aliphatic rings. The molecule has 4 rings (SSSR count). The van der Waals surface area contributed by atoms with Gasteiger partial charge in [0.2, 0.25) is 5.91 Å². The number of carbonyl (C=O) groups excluding carboxylic acids is 3. The number of amides is 3. The first kappa shape index (κ1) is 24.4. The number of para-hydroxylation sites is 1. The van der Waals surface area contributed by atoms with Crippen molar-refractivity contribution < 1.29 is 28.6 Å². The van der Waals surface area contributed by atoms with Crippen molar-refractivity contribution in [1.29, 1.82) is 0 Å². The molecule has 1 fully saturated rings. The van der Waals surface area contributed by atoms with E-state index in [2.05, 4.69) is 6.07 Å². The van der Waals surface area contributed by atoms with Crippen LogP contribution in [0.1, 0.15) is 41.6 Å². The molecule has 2 aromatic carbocycles. The Morgan fingerprint density at radius 2 is 1.83 bits per heavy atom. The van der Waals surface area contributed by atoms with Crippen molar-refractivity contribution in [1.82, 2.24) is 4.90 Å². The molecule has 0 spiro atoms. The van der Waals surface area contributed by atoms with E-state index in [-0.39, 0.29) is 31.1 Å². The topological polar surface area (TPSA) is 111 Å². The number of methoxy groups -OCH3 is 1. The molecule has 2 aromatic rings. The van der Waals surface area contributed by atoms with E-state index in [1.165, 1.54) is 5.56 Å². The van der Waals surface area contributed by atoms with E-state index in [9.17, 15) is 14.4 Å². The van der Waals surface area contributed by atoms with Gasteiger partial charge < -0.3 is 29.7 Å².